The van der Waals surface area contributed by atoms with Crippen LogP contribution >= 0.6 is 11.6 Å². The molecule has 0 aliphatic rings. The highest BCUT2D eigenvalue weighted by Crippen LogP contribution is 2.25. The Hall–Kier alpha value is -3.53. The van der Waals surface area contributed by atoms with Gasteiger partial charge in [-0.3, -0.25) is 24.7 Å². The molecule has 0 saturated heterocycles. The number of nitrogens with zero attached hydrogens (tertiary/aromatic N) is 4. The maximum atomic E-state index is 12.6. The van der Waals surface area contributed by atoms with Crippen molar-refractivity contribution in [1.29, 1.82) is 0 Å². The third-order valence-corrected chi connectivity index (χ3v) is 4.56. The summed E-state index contributed by atoms with van der Waals surface area (Å²) in [5, 5.41) is 17.9. The molecule has 0 unspecified atom stereocenters. The Bertz CT molecular complexity index is 1180. The highest BCUT2D eigenvalue weighted by atomic mass is 35.5. The van der Waals surface area contributed by atoms with Gasteiger partial charge in [-0.2, -0.15) is 9.78 Å². The zero-order chi connectivity index (χ0) is 21.3. The molecule has 0 bridgehead atoms. The highest BCUT2D eigenvalue weighted by Gasteiger charge is 2.19. The Labute approximate surface area is 169 Å². The van der Waals surface area contributed by atoms with Gasteiger partial charge in [0.25, 0.3) is 17.2 Å². The van der Waals surface area contributed by atoms with Gasteiger partial charge in [-0.25, -0.2) is 4.98 Å². The summed E-state index contributed by atoms with van der Waals surface area (Å²) in [6, 6.07) is 5.33. The quantitative estimate of drug-likeness (QED) is 0.484. The summed E-state index contributed by atoms with van der Waals surface area (Å²) in [7, 11) is 0. The van der Waals surface area contributed by atoms with Gasteiger partial charge in [0.05, 0.1) is 10.6 Å². The van der Waals surface area contributed by atoms with Crippen molar-refractivity contribution in [2.75, 3.05) is 5.32 Å². The van der Waals surface area contributed by atoms with E-state index in [1.807, 2.05) is 6.92 Å². The number of nitrogens with one attached hydrogen (secondary N) is 2. The van der Waals surface area contributed by atoms with Gasteiger partial charge in [0.15, 0.2) is 0 Å². The number of halogens is 1. The number of hydrogen-bond donors (Lipinski definition) is 2. The van der Waals surface area contributed by atoms with Crippen LogP contribution < -0.4 is 10.9 Å². The van der Waals surface area contributed by atoms with Crippen molar-refractivity contribution in [1.82, 2.24) is 19.7 Å². The number of aryl methyl sites for hydroxylation is 2. The van der Waals surface area contributed by atoms with Crippen LogP contribution in [-0.2, 0) is 6.42 Å². The summed E-state index contributed by atoms with van der Waals surface area (Å²) in [5.74, 6) is -0.206. The second-order valence-electron chi connectivity index (χ2n) is 6.27. The molecule has 0 aliphatic heterocycles. The fourth-order valence-electron chi connectivity index (χ4n) is 2.84. The molecule has 150 valence electrons. The van der Waals surface area contributed by atoms with Crippen LogP contribution in [0.1, 0.15) is 34.2 Å². The first-order chi connectivity index (χ1) is 13.7. The van der Waals surface area contributed by atoms with E-state index in [9.17, 15) is 19.7 Å². The lowest BCUT2D eigenvalue weighted by molar-refractivity contribution is -0.384. The van der Waals surface area contributed by atoms with Crippen LogP contribution in [0.4, 0.5) is 11.5 Å². The van der Waals surface area contributed by atoms with Crippen molar-refractivity contribution >= 4 is 29.0 Å². The predicted molar refractivity (Wildman–Crippen MR) is 107 cm³/mol. The summed E-state index contributed by atoms with van der Waals surface area (Å²) in [6.45, 7) is 5.29. The van der Waals surface area contributed by atoms with Crippen molar-refractivity contribution in [2.45, 2.75) is 27.2 Å². The van der Waals surface area contributed by atoms with E-state index >= 15 is 0 Å². The molecule has 0 radical (unpaired) electrons. The molecule has 0 spiro atoms. The van der Waals surface area contributed by atoms with Gasteiger partial charge in [-0.15, -0.1) is 0 Å². The Morgan fingerprint density at radius 3 is 2.69 bits per heavy atom. The SMILES string of the molecule is CCc1c(C)nc(-n2nc(C)cc2NC(=O)c2ccc(Cl)c([N+](=O)[O-])c2)[nH]c1=O. The Kier molecular flexibility index (Phi) is 5.46. The summed E-state index contributed by atoms with van der Waals surface area (Å²) in [4.78, 5) is 42.3. The standard InChI is InChI=1S/C18H17ClN6O4/c1-4-12-10(3)20-18(22-17(12)27)24-15(7-9(2)23-24)21-16(26)11-5-6-13(19)14(8-11)25(28)29/h5-8H,4H2,1-3H3,(H,21,26)(H,20,22,27). The topological polar surface area (TPSA) is 136 Å². The fourth-order valence-corrected chi connectivity index (χ4v) is 3.03. The Morgan fingerprint density at radius 2 is 2.07 bits per heavy atom. The summed E-state index contributed by atoms with van der Waals surface area (Å²) in [6.07, 6.45) is 0.533. The molecule has 29 heavy (non-hydrogen) atoms. The number of benzene rings is 1. The molecule has 3 aromatic rings. The van der Waals surface area contributed by atoms with Crippen molar-refractivity contribution in [2.24, 2.45) is 0 Å². The number of rotatable bonds is 5. The van der Waals surface area contributed by atoms with Crippen LogP contribution in [-0.4, -0.2) is 30.6 Å². The molecule has 1 amide bonds. The fraction of sp³-hybridized carbons (Fsp3) is 0.222. The second-order valence-corrected chi connectivity index (χ2v) is 6.67. The van der Waals surface area contributed by atoms with Gasteiger partial charge in [-0.1, -0.05) is 18.5 Å². The first kappa shape index (κ1) is 20.2. The molecular formula is C18H17ClN6O4. The average molecular weight is 417 g/mol. The molecule has 0 atom stereocenters. The molecular weight excluding hydrogens is 400 g/mol. The maximum Gasteiger partial charge on any atom is 0.288 e. The zero-order valence-corrected chi connectivity index (χ0v) is 16.6. The minimum atomic E-state index is -0.666. The first-order valence-corrected chi connectivity index (χ1v) is 9.01. The molecule has 10 nitrogen and oxygen atoms in total. The van der Waals surface area contributed by atoms with E-state index in [0.717, 1.165) is 6.07 Å². The van der Waals surface area contributed by atoms with E-state index in [1.165, 1.54) is 16.8 Å². The van der Waals surface area contributed by atoms with Crippen LogP contribution in [0, 0.1) is 24.0 Å². The van der Waals surface area contributed by atoms with Crippen molar-refractivity contribution in [3.8, 4) is 5.95 Å². The van der Waals surface area contributed by atoms with Crippen molar-refractivity contribution < 1.29 is 9.72 Å². The zero-order valence-electron chi connectivity index (χ0n) is 15.8. The number of H-pyrrole nitrogens is 1. The predicted octanol–water partition coefficient (Wildman–Crippen LogP) is 2.95. The molecule has 1 aromatic carbocycles. The number of carbonyl (C=O) groups excluding carboxylic acids is 1. The molecule has 2 aromatic heterocycles. The van der Waals surface area contributed by atoms with Gasteiger partial charge in [0, 0.05) is 29.0 Å². The molecule has 11 heteroatoms. The lowest BCUT2D eigenvalue weighted by atomic mass is 10.2. The van der Waals surface area contributed by atoms with Gasteiger partial charge in [0.2, 0.25) is 5.95 Å². The summed E-state index contributed by atoms with van der Waals surface area (Å²) in [5.41, 5.74) is 1.09. The minimum absolute atomic E-state index is 0.0467. The largest absolute Gasteiger partial charge is 0.306 e. The van der Waals surface area contributed by atoms with Crippen LogP contribution in [0.2, 0.25) is 5.02 Å². The van der Waals surface area contributed by atoms with E-state index in [-0.39, 0.29) is 33.6 Å². The van der Waals surface area contributed by atoms with E-state index in [0.29, 0.717) is 23.4 Å². The number of hydrogen-bond acceptors (Lipinski definition) is 6. The number of nitro benzene ring substituents is 1. The molecule has 0 saturated carbocycles. The second kappa shape index (κ2) is 7.84. The summed E-state index contributed by atoms with van der Waals surface area (Å²) < 4.78 is 1.30. The van der Waals surface area contributed by atoms with Crippen LogP contribution in [0.25, 0.3) is 5.95 Å². The van der Waals surface area contributed by atoms with Crippen molar-refractivity contribution in [3.63, 3.8) is 0 Å². The van der Waals surface area contributed by atoms with E-state index in [1.54, 1.807) is 19.9 Å². The van der Waals surface area contributed by atoms with Gasteiger partial charge < -0.3 is 5.32 Å². The number of anilines is 1. The number of nitro groups is 1. The molecule has 0 aliphatic carbocycles. The number of carbonyl (C=O) groups is 1. The molecule has 2 N–H and O–H groups in total. The van der Waals surface area contributed by atoms with Crippen molar-refractivity contribution in [3.05, 3.63) is 72.3 Å². The average Bonchev–Trinajstić information content (AvgIpc) is 3.01. The van der Waals surface area contributed by atoms with Crippen LogP contribution in [0.5, 0.6) is 0 Å². The highest BCUT2D eigenvalue weighted by molar-refractivity contribution is 6.32. The number of aromatic amines is 1. The van der Waals surface area contributed by atoms with E-state index in [2.05, 4.69) is 20.4 Å². The minimum Gasteiger partial charge on any atom is -0.306 e. The smallest absolute Gasteiger partial charge is 0.288 e. The molecule has 3 rings (SSSR count). The third-order valence-electron chi connectivity index (χ3n) is 4.24. The van der Waals surface area contributed by atoms with Crippen LogP contribution in [0.3, 0.4) is 0 Å². The summed E-state index contributed by atoms with van der Waals surface area (Å²) >= 11 is 5.79. The van der Waals surface area contributed by atoms with Crippen LogP contribution in [0.15, 0.2) is 29.1 Å². The van der Waals surface area contributed by atoms with Gasteiger partial charge >= 0.3 is 0 Å². The Balaban J connectivity index is 1.98. The molecule has 2 heterocycles. The number of aromatic nitrogens is 4. The normalized spacial score (nSPS) is 10.8. The van der Waals surface area contributed by atoms with E-state index in [4.69, 9.17) is 11.6 Å². The molecule has 0 fully saturated rings. The maximum absolute atomic E-state index is 12.6. The number of amides is 1. The van der Waals surface area contributed by atoms with E-state index < -0.39 is 10.8 Å². The first-order valence-electron chi connectivity index (χ1n) is 8.63. The lowest BCUT2D eigenvalue weighted by Crippen LogP contribution is -2.22. The van der Waals surface area contributed by atoms with Gasteiger partial charge in [-0.05, 0) is 32.4 Å². The lowest BCUT2D eigenvalue weighted by Gasteiger charge is -2.10. The monoisotopic (exact) mass is 416 g/mol. The van der Waals surface area contributed by atoms with Gasteiger partial charge in [0.1, 0.15) is 10.8 Å². The Morgan fingerprint density at radius 1 is 1.34 bits per heavy atom. The third kappa shape index (κ3) is 4.02.